The van der Waals surface area contributed by atoms with Crippen LogP contribution in [0, 0.1) is 5.82 Å². The third kappa shape index (κ3) is 4.66. The molecule has 1 aliphatic rings. The SMILES string of the molecule is CC1CC(=O)NC(n2nc(C(C)(C)C)cc2NC(=O)Nc2ccc(F)cc2)N1. The Labute approximate surface area is 162 Å². The number of amides is 3. The Balaban J connectivity index is 1.84. The number of rotatable bonds is 3. The van der Waals surface area contributed by atoms with Gasteiger partial charge in [-0.1, -0.05) is 20.8 Å². The second kappa shape index (κ2) is 7.59. The standard InChI is InChI=1S/C19H25FN6O2/c1-11-9-16(27)24-17(21-11)26-15(10-14(25-26)19(2,3)4)23-18(28)22-13-7-5-12(20)6-8-13/h5-8,10-11,17,21H,9H2,1-4H3,(H,24,27)(H2,22,23,28). The van der Waals surface area contributed by atoms with E-state index in [-0.39, 0.29) is 23.2 Å². The Bertz CT molecular complexity index is 872. The molecule has 2 aromatic rings. The van der Waals surface area contributed by atoms with Gasteiger partial charge in [-0.15, -0.1) is 0 Å². The molecule has 0 saturated carbocycles. The van der Waals surface area contributed by atoms with Crippen LogP contribution in [0.3, 0.4) is 0 Å². The van der Waals surface area contributed by atoms with Gasteiger partial charge in [0.05, 0.1) is 5.69 Å². The van der Waals surface area contributed by atoms with Gasteiger partial charge >= 0.3 is 6.03 Å². The van der Waals surface area contributed by atoms with E-state index < -0.39 is 12.3 Å². The number of nitrogens with one attached hydrogen (secondary N) is 4. The van der Waals surface area contributed by atoms with E-state index in [0.29, 0.717) is 17.9 Å². The molecule has 4 N–H and O–H groups in total. The van der Waals surface area contributed by atoms with Gasteiger partial charge in [-0.2, -0.15) is 5.10 Å². The second-order valence-electron chi connectivity index (χ2n) is 7.94. The van der Waals surface area contributed by atoms with E-state index in [1.54, 1.807) is 10.7 Å². The van der Waals surface area contributed by atoms with Gasteiger partial charge in [0.1, 0.15) is 11.6 Å². The van der Waals surface area contributed by atoms with Crippen molar-refractivity contribution in [2.75, 3.05) is 10.6 Å². The zero-order valence-electron chi connectivity index (χ0n) is 16.3. The van der Waals surface area contributed by atoms with Crippen molar-refractivity contribution in [3.63, 3.8) is 0 Å². The summed E-state index contributed by atoms with van der Waals surface area (Å²) in [5.41, 5.74) is 0.969. The molecule has 28 heavy (non-hydrogen) atoms. The molecule has 3 amide bonds. The molecule has 2 atom stereocenters. The van der Waals surface area contributed by atoms with Crippen LogP contribution in [0.25, 0.3) is 0 Å². The van der Waals surface area contributed by atoms with Crippen LogP contribution in [-0.2, 0) is 10.2 Å². The Morgan fingerprint density at radius 1 is 1.25 bits per heavy atom. The van der Waals surface area contributed by atoms with Crippen molar-refractivity contribution in [1.82, 2.24) is 20.4 Å². The lowest BCUT2D eigenvalue weighted by Crippen LogP contribution is -2.52. The minimum absolute atomic E-state index is 0.0260. The summed E-state index contributed by atoms with van der Waals surface area (Å²) in [5, 5.41) is 16.1. The number of aromatic nitrogens is 2. The molecule has 0 aliphatic carbocycles. The maximum atomic E-state index is 13.0. The minimum atomic E-state index is -0.575. The molecule has 150 valence electrons. The van der Waals surface area contributed by atoms with Crippen LogP contribution >= 0.6 is 0 Å². The molecule has 0 spiro atoms. The molecule has 1 aromatic heterocycles. The highest BCUT2D eigenvalue weighted by Gasteiger charge is 2.29. The molecule has 2 heterocycles. The Hall–Kier alpha value is -2.94. The third-order valence-electron chi connectivity index (χ3n) is 4.32. The summed E-state index contributed by atoms with van der Waals surface area (Å²) in [6.07, 6.45) is -0.203. The summed E-state index contributed by atoms with van der Waals surface area (Å²) in [7, 11) is 0. The summed E-state index contributed by atoms with van der Waals surface area (Å²) in [6.45, 7) is 7.95. The highest BCUT2D eigenvalue weighted by atomic mass is 19.1. The fourth-order valence-electron chi connectivity index (χ4n) is 2.85. The number of benzene rings is 1. The van der Waals surface area contributed by atoms with Gasteiger partial charge in [0.25, 0.3) is 0 Å². The molecule has 0 bridgehead atoms. The molecule has 1 saturated heterocycles. The highest BCUT2D eigenvalue weighted by molar-refractivity contribution is 5.99. The van der Waals surface area contributed by atoms with Crippen molar-refractivity contribution in [1.29, 1.82) is 0 Å². The lowest BCUT2D eigenvalue weighted by atomic mass is 9.92. The minimum Gasteiger partial charge on any atom is -0.322 e. The summed E-state index contributed by atoms with van der Waals surface area (Å²) >= 11 is 0. The van der Waals surface area contributed by atoms with Crippen molar-refractivity contribution in [2.24, 2.45) is 0 Å². The number of carbonyl (C=O) groups excluding carboxylic acids is 2. The fraction of sp³-hybridized carbons (Fsp3) is 0.421. The zero-order valence-corrected chi connectivity index (χ0v) is 16.3. The van der Waals surface area contributed by atoms with Crippen LogP contribution in [0.5, 0.6) is 0 Å². The average Bonchev–Trinajstić information content (AvgIpc) is 3.00. The number of nitrogens with zero attached hydrogens (tertiary/aromatic N) is 2. The summed E-state index contributed by atoms with van der Waals surface area (Å²) in [6, 6.07) is 6.72. The summed E-state index contributed by atoms with van der Waals surface area (Å²) in [5.74, 6) is -0.0469. The molecular formula is C19H25FN6O2. The van der Waals surface area contributed by atoms with Crippen LogP contribution in [0.15, 0.2) is 30.3 Å². The summed E-state index contributed by atoms with van der Waals surface area (Å²) in [4.78, 5) is 24.4. The third-order valence-corrected chi connectivity index (χ3v) is 4.32. The second-order valence-corrected chi connectivity index (χ2v) is 7.94. The molecule has 1 aliphatic heterocycles. The quantitative estimate of drug-likeness (QED) is 0.650. The molecule has 2 unspecified atom stereocenters. The van der Waals surface area contributed by atoms with E-state index in [1.807, 2.05) is 27.7 Å². The van der Waals surface area contributed by atoms with Gasteiger partial charge in [-0.25, -0.2) is 13.9 Å². The van der Waals surface area contributed by atoms with E-state index in [2.05, 4.69) is 26.4 Å². The van der Waals surface area contributed by atoms with Gasteiger partial charge in [-0.3, -0.25) is 15.4 Å². The normalized spacial score (nSPS) is 19.8. The number of hydrogen-bond acceptors (Lipinski definition) is 4. The molecule has 3 rings (SSSR count). The van der Waals surface area contributed by atoms with Crippen molar-refractivity contribution >= 4 is 23.4 Å². The first-order valence-electron chi connectivity index (χ1n) is 9.11. The Morgan fingerprint density at radius 2 is 1.93 bits per heavy atom. The molecule has 0 radical (unpaired) electrons. The van der Waals surface area contributed by atoms with E-state index >= 15 is 0 Å². The smallest absolute Gasteiger partial charge is 0.322 e. The molecule has 9 heteroatoms. The number of halogens is 1. The van der Waals surface area contributed by atoms with E-state index in [0.717, 1.165) is 5.69 Å². The first-order valence-corrected chi connectivity index (χ1v) is 9.11. The van der Waals surface area contributed by atoms with Gasteiger partial charge < -0.3 is 10.6 Å². The van der Waals surface area contributed by atoms with E-state index in [1.165, 1.54) is 24.3 Å². The molecule has 1 aromatic carbocycles. The highest BCUT2D eigenvalue weighted by Crippen LogP contribution is 2.26. The Kier molecular flexibility index (Phi) is 5.37. The predicted octanol–water partition coefficient (Wildman–Crippen LogP) is 2.92. The number of urea groups is 1. The van der Waals surface area contributed by atoms with Crippen LogP contribution in [0.4, 0.5) is 20.7 Å². The largest absolute Gasteiger partial charge is 0.324 e. The molecule has 8 nitrogen and oxygen atoms in total. The van der Waals surface area contributed by atoms with Gasteiger partial charge in [0, 0.05) is 29.6 Å². The monoisotopic (exact) mass is 388 g/mol. The van der Waals surface area contributed by atoms with Gasteiger partial charge in [0.2, 0.25) is 5.91 Å². The van der Waals surface area contributed by atoms with Gasteiger partial charge in [0.15, 0.2) is 6.29 Å². The Morgan fingerprint density at radius 3 is 2.54 bits per heavy atom. The fourth-order valence-corrected chi connectivity index (χ4v) is 2.85. The maximum absolute atomic E-state index is 13.0. The molecule has 1 fully saturated rings. The lowest BCUT2D eigenvalue weighted by Gasteiger charge is -2.30. The average molecular weight is 388 g/mol. The van der Waals surface area contributed by atoms with Crippen molar-refractivity contribution in [2.45, 2.75) is 51.9 Å². The number of anilines is 2. The summed E-state index contributed by atoms with van der Waals surface area (Å²) < 4.78 is 14.6. The molecular weight excluding hydrogens is 363 g/mol. The lowest BCUT2D eigenvalue weighted by molar-refractivity contribution is -0.125. The maximum Gasteiger partial charge on any atom is 0.324 e. The van der Waals surface area contributed by atoms with Crippen LogP contribution in [0.2, 0.25) is 0 Å². The zero-order chi connectivity index (χ0) is 20.5. The van der Waals surface area contributed by atoms with Crippen molar-refractivity contribution < 1.29 is 14.0 Å². The van der Waals surface area contributed by atoms with E-state index in [4.69, 9.17) is 0 Å². The topological polar surface area (TPSA) is 100 Å². The van der Waals surface area contributed by atoms with E-state index in [9.17, 15) is 14.0 Å². The van der Waals surface area contributed by atoms with Gasteiger partial charge in [-0.05, 0) is 31.2 Å². The van der Waals surface area contributed by atoms with Crippen molar-refractivity contribution in [3.05, 3.63) is 41.8 Å². The van der Waals surface area contributed by atoms with Crippen LogP contribution in [0.1, 0.15) is 46.1 Å². The first kappa shape index (κ1) is 19.8. The number of hydrogen-bond donors (Lipinski definition) is 4. The number of carbonyl (C=O) groups is 2. The van der Waals surface area contributed by atoms with Crippen LogP contribution < -0.4 is 21.3 Å². The van der Waals surface area contributed by atoms with Crippen molar-refractivity contribution in [3.8, 4) is 0 Å². The van der Waals surface area contributed by atoms with Crippen LogP contribution in [-0.4, -0.2) is 27.8 Å². The first-order chi connectivity index (χ1) is 13.1. The predicted molar refractivity (Wildman–Crippen MR) is 104 cm³/mol.